The molecule has 0 aromatic carbocycles. The second kappa shape index (κ2) is 9.87. The Kier molecular flexibility index (Phi) is 7.13. The molecule has 35 heavy (non-hydrogen) atoms. The quantitative estimate of drug-likeness (QED) is 0.389. The van der Waals surface area contributed by atoms with Crippen molar-refractivity contribution in [3.63, 3.8) is 0 Å². The summed E-state index contributed by atoms with van der Waals surface area (Å²) in [4.78, 5) is 48.9. The smallest absolute Gasteiger partial charge is 0.421 e. The highest BCUT2D eigenvalue weighted by atomic mass is 16.6. The van der Waals surface area contributed by atoms with Crippen molar-refractivity contribution >= 4 is 22.9 Å². The van der Waals surface area contributed by atoms with Gasteiger partial charge in [-0.05, 0) is 51.8 Å². The fraction of sp³-hybridized carbons (Fsp3) is 0.348. The van der Waals surface area contributed by atoms with E-state index in [4.69, 9.17) is 9.47 Å². The molecule has 0 N–H and O–H groups in total. The molecule has 0 unspecified atom stereocenters. The van der Waals surface area contributed by atoms with Crippen LogP contribution in [0.4, 0.5) is 10.5 Å². The van der Waals surface area contributed by atoms with Crippen molar-refractivity contribution in [3.05, 3.63) is 74.9 Å². The fourth-order valence-electron chi connectivity index (χ4n) is 3.31. The van der Waals surface area contributed by atoms with Crippen LogP contribution in [-0.4, -0.2) is 40.7 Å². The molecule has 3 aromatic heterocycles. The molecule has 12 nitrogen and oxygen atoms in total. The van der Waals surface area contributed by atoms with E-state index in [-0.39, 0.29) is 36.8 Å². The van der Waals surface area contributed by atoms with Crippen LogP contribution in [0.25, 0.3) is 11.2 Å². The average molecular weight is 482 g/mol. The zero-order valence-corrected chi connectivity index (χ0v) is 18.8. The van der Waals surface area contributed by atoms with Gasteiger partial charge in [0.2, 0.25) is 0 Å². The number of rotatable bonds is 5. The normalized spacial score (nSPS) is 13.2. The predicted molar refractivity (Wildman–Crippen MR) is 127 cm³/mol. The molecule has 0 aliphatic heterocycles. The number of aromatic nitrogens is 5. The average Bonchev–Trinajstić information content (AvgIpc) is 3.14. The molecular formula is C23H26N6O6. The van der Waals surface area contributed by atoms with E-state index in [0.717, 1.165) is 28.0 Å². The van der Waals surface area contributed by atoms with Gasteiger partial charge in [0.15, 0.2) is 11.2 Å². The van der Waals surface area contributed by atoms with E-state index in [1.54, 1.807) is 20.8 Å². The minimum Gasteiger partial charge on any atom is -0.443 e. The van der Waals surface area contributed by atoms with Crippen LogP contribution in [-0.2, 0) is 11.3 Å². The van der Waals surface area contributed by atoms with Gasteiger partial charge in [-0.25, -0.2) is 19.3 Å². The Bertz CT molecular complexity index is 1400. The number of carbonyl (C=O) groups is 1. The van der Waals surface area contributed by atoms with Crippen LogP contribution in [0.15, 0.2) is 53.4 Å². The number of hydrogen-bond acceptors (Lipinski definition) is 9. The van der Waals surface area contributed by atoms with Crippen LogP contribution in [0.2, 0.25) is 0 Å². The van der Waals surface area contributed by atoms with E-state index < -0.39 is 27.9 Å². The molecule has 0 saturated carbocycles. The monoisotopic (exact) mass is 482 g/mol. The van der Waals surface area contributed by atoms with Crippen molar-refractivity contribution < 1.29 is 19.2 Å². The second-order valence-corrected chi connectivity index (χ2v) is 8.47. The molecule has 0 atom stereocenters. The summed E-state index contributed by atoms with van der Waals surface area (Å²) in [6.07, 6.45) is 9.23. The molecule has 1 aliphatic rings. The number of hydrogen-bond donors (Lipinski definition) is 0. The Labute approximate surface area is 200 Å². The SMILES string of the molecule is C.CC(C)(C)OC(=O)n1c(Cn2cccc([N+](=O)[O-])c2=O)nc2c(OC3=CCCC=C3)ncnc21. The van der Waals surface area contributed by atoms with Gasteiger partial charge in [0.25, 0.3) is 5.88 Å². The lowest BCUT2D eigenvalue weighted by Gasteiger charge is -2.20. The van der Waals surface area contributed by atoms with Gasteiger partial charge < -0.3 is 14.0 Å². The first-order valence-electron chi connectivity index (χ1n) is 10.5. The van der Waals surface area contributed by atoms with E-state index in [1.807, 2.05) is 18.2 Å². The number of carbonyl (C=O) groups excluding carboxylic acids is 1. The topological polar surface area (TPSA) is 144 Å². The van der Waals surface area contributed by atoms with E-state index in [0.29, 0.717) is 5.76 Å². The minimum atomic E-state index is -0.838. The van der Waals surface area contributed by atoms with E-state index in [1.165, 1.54) is 18.6 Å². The molecule has 0 spiro atoms. The van der Waals surface area contributed by atoms with Gasteiger partial charge in [0, 0.05) is 12.3 Å². The lowest BCUT2D eigenvalue weighted by atomic mass is 10.2. The number of ether oxygens (including phenoxy) is 2. The fourth-order valence-corrected chi connectivity index (χ4v) is 3.31. The van der Waals surface area contributed by atoms with Crippen LogP contribution >= 0.6 is 0 Å². The molecule has 184 valence electrons. The largest absolute Gasteiger partial charge is 0.443 e. The summed E-state index contributed by atoms with van der Waals surface area (Å²) in [6.45, 7) is 4.87. The Morgan fingerprint density at radius 2 is 2.03 bits per heavy atom. The molecule has 3 heterocycles. The maximum Gasteiger partial charge on any atom is 0.421 e. The lowest BCUT2D eigenvalue weighted by molar-refractivity contribution is -0.386. The number of fused-ring (bicyclic) bond motifs is 1. The first-order chi connectivity index (χ1) is 16.1. The third-order valence-electron chi connectivity index (χ3n) is 4.74. The number of imidazole rings is 1. The Morgan fingerprint density at radius 1 is 1.26 bits per heavy atom. The summed E-state index contributed by atoms with van der Waals surface area (Å²) in [5.41, 5.74) is -1.95. The Balaban J connectivity index is 0.00000342. The standard InChI is InChI=1S/C22H22N6O6.CH4/c1-22(2,3)34-21(30)27-16(12-26-11-7-10-15(20(26)29)28(31)32)25-17-18(27)23-13-24-19(17)33-14-8-5-4-6-9-14;/h5,7-11,13H,4,6,12H2,1-3H3;1H4. The van der Waals surface area contributed by atoms with Crippen molar-refractivity contribution in [1.82, 2.24) is 24.1 Å². The third-order valence-corrected chi connectivity index (χ3v) is 4.74. The van der Waals surface area contributed by atoms with E-state index >= 15 is 0 Å². The van der Waals surface area contributed by atoms with Crippen LogP contribution in [0.1, 0.15) is 46.9 Å². The molecule has 0 radical (unpaired) electrons. The summed E-state index contributed by atoms with van der Waals surface area (Å²) < 4.78 is 13.6. The highest BCUT2D eigenvalue weighted by Crippen LogP contribution is 2.26. The highest BCUT2D eigenvalue weighted by molar-refractivity contribution is 5.87. The Morgan fingerprint density at radius 3 is 2.69 bits per heavy atom. The van der Waals surface area contributed by atoms with E-state index in [2.05, 4.69) is 15.0 Å². The molecular weight excluding hydrogens is 456 g/mol. The van der Waals surface area contributed by atoms with Gasteiger partial charge in [-0.3, -0.25) is 14.9 Å². The van der Waals surface area contributed by atoms with Gasteiger partial charge in [-0.2, -0.15) is 4.98 Å². The first-order valence-corrected chi connectivity index (χ1v) is 10.5. The zero-order chi connectivity index (χ0) is 24.5. The summed E-state index contributed by atoms with van der Waals surface area (Å²) in [5.74, 6) is 0.776. The molecule has 12 heteroatoms. The number of nitrogens with zero attached hydrogens (tertiary/aromatic N) is 6. The molecule has 4 rings (SSSR count). The van der Waals surface area contributed by atoms with Crippen molar-refractivity contribution in [2.24, 2.45) is 0 Å². The van der Waals surface area contributed by atoms with E-state index in [9.17, 15) is 19.7 Å². The van der Waals surface area contributed by atoms with Crippen LogP contribution in [0.5, 0.6) is 5.88 Å². The molecule has 3 aromatic rings. The van der Waals surface area contributed by atoms with Crippen LogP contribution in [0.3, 0.4) is 0 Å². The maximum absolute atomic E-state index is 13.1. The van der Waals surface area contributed by atoms with Crippen LogP contribution in [0, 0.1) is 10.1 Å². The van der Waals surface area contributed by atoms with Crippen LogP contribution < -0.4 is 10.3 Å². The molecule has 0 fully saturated rings. The van der Waals surface area contributed by atoms with Crippen molar-refractivity contribution in [3.8, 4) is 5.88 Å². The van der Waals surface area contributed by atoms with Gasteiger partial charge >= 0.3 is 17.3 Å². The summed E-state index contributed by atoms with van der Waals surface area (Å²) in [6, 6.07) is 2.48. The number of nitro groups is 1. The summed E-state index contributed by atoms with van der Waals surface area (Å²) >= 11 is 0. The second-order valence-electron chi connectivity index (χ2n) is 8.47. The highest BCUT2D eigenvalue weighted by Gasteiger charge is 2.27. The molecule has 1 aliphatic carbocycles. The third kappa shape index (κ3) is 5.42. The Hall–Kier alpha value is -4.35. The summed E-state index contributed by atoms with van der Waals surface area (Å²) in [5, 5.41) is 11.2. The molecule has 0 saturated heterocycles. The van der Waals surface area contributed by atoms with Gasteiger partial charge in [0.1, 0.15) is 23.5 Å². The van der Waals surface area contributed by atoms with Gasteiger partial charge in [-0.15, -0.1) is 0 Å². The lowest BCUT2D eigenvalue weighted by Crippen LogP contribution is -2.30. The van der Waals surface area contributed by atoms with Crippen molar-refractivity contribution in [1.29, 1.82) is 0 Å². The van der Waals surface area contributed by atoms with Crippen molar-refractivity contribution in [2.45, 2.75) is 53.2 Å². The predicted octanol–water partition coefficient (Wildman–Crippen LogP) is 3.98. The molecule has 0 bridgehead atoms. The van der Waals surface area contributed by atoms with Gasteiger partial charge in [0.05, 0.1) is 11.5 Å². The van der Waals surface area contributed by atoms with Crippen molar-refractivity contribution in [2.75, 3.05) is 0 Å². The number of allylic oxidation sites excluding steroid dienone is 3. The first kappa shape index (κ1) is 25.3. The van der Waals surface area contributed by atoms with Gasteiger partial charge in [-0.1, -0.05) is 13.5 Å². The molecule has 0 amide bonds. The minimum absolute atomic E-state index is 0. The summed E-state index contributed by atoms with van der Waals surface area (Å²) in [7, 11) is 0. The zero-order valence-electron chi connectivity index (χ0n) is 18.8. The number of pyridine rings is 1. The maximum atomic E-state index is 13.1.